The number of hydrogen-bond acceptors (Lipinski definition) is 3. The van der Waals surface area contributed by atoms with Crippen LogP contribution in [0.4, 0.5) is 10.5 Å². The Bertz CT molecular complexity index is 504. The lowest BCUT2D eigenvalue weighted by atomic mass is 10.2. The Hall–Kier alpha value is -2.34. The van der Waals surface area contributed by atoms with E-state index in [4.69, 9.17) is 9.84 Å². The van der Waals surface area contributed by atoms with Crippen molar-refractivity contribution >= 4 is 23.8 Å². The molecule has 1 heterocycles. The standard InChI is InChI=1S/C14H16N2O4/c17-13(18)6-3-10-1-4-11(5-2-10)15-14(19)16-12-7-8-20-9-12/h1-6,12H,7-9H2,(H,17,18)(H2,15,16,19)/b6-3+. The predicted octanol–water partition coefficient (Wildman–Crippen LogP) is 1.69. The number of aliphatic carboxylic acids is 1. The summed E-state index contributed by atoms with van der Waals surface area (Å²) in [4.78, 5) is 22.1. The number of carbonyl (C=O) groups excluding carboxylic acids is 1. The summed E-state index contributed by atoms with van der Waals surface area (Å²) >= 11 is 0. The van der Waals surface area contributed by atoms with Crippen LogP contribution in [0.25, 0.3) is 6.08 Å². The molecule has 0 aliphatic carbocycles. The number of carboxylic acids is 1. The zero-order chi connectivity index (χ0) is 14.4. The van der Waals surface area contributed by atoms with Crippen molar-refractivity contribution in [1.29, 1.82) is 0 Å². The van der Waals surface area contributed by atoms with Crippen molar-refractivity contribution in [3.63, 3.8) is 0 Å². The van der Waals surface area contributed by atoms with Crippen molar-refractivity contribution in [2.45, 2.75) is 12.5 Å². The molecule has 1 aliphatic rings. The quantitative estimate of drug-likeness (QED) is 0.730. The van der Waals surface area contributed by atoms with Gasteiger partial charge in [0.05, 0.1) is 12.6 Å². The van der Waals surface area contributed by atoms with E-state index in [0.29, 0.717) is 18.9 Å². The van der Waals surface area contributed by atoms with E-state index in [9.17, 15) is 9.59 Å². The van der Waals surface area contributed by atoms with Gasteiger partial charge in [-0.25, -0.2) is 9.59 Å². The molecule has 1 atom stereocenters. The van der Waals surface area contributed by atoms with Crippen molar-refractivity contribution in [3.8, 4) is 0 Å². The first-order valence-electron chi connectivity index (χ1n) is 6.30. The van der Waals surface area contributed by atoms with Crippen molar-refractivity contribution in [2.24, 2.45) is 0 Å². The van der Waals surface area contributed by atoms with Crippen LogP contribution in [0.3, 0.4) is 0 Å². The summed E-state index contributed by atoms with van der Waals surface area (Å²) in [6.45, 7) is 1.22. The molecule has 1 unspecified atom stereocenters. The third-order valence-electron chi connectivity index (χ3n) is 2.85. The maximum atomic E-state index is 11.7. The van der Waals surface area contributed by atoms with Crippen LogP contribution in [0.2, 0.25) is 0 Å². The molecule has 1 saturated heterocycles. The maximum Gasteiger partial charge on any atom is 0.328 e. The topological polar surface area (TPSA) is 87.7 Å². The Balaban J connectivity index is 1.86. The highest BCUT2D eigenvalue weighted by molar-refractivity contribution is 5.90. The molecule has 0 spiro atoms. The van der Waals surface area contributed by atoms with Crippen molar-refractivity contribution < 1.29 is 19.4 Å². The summed E-state index contributed by atoms with van der Waals surface area (Å²) in [6, 6.07) is 6.68. The molecule has 6 nitrogen and oxygen atoms in total. The van der Waals surface area contributed by atoms with Crippen LogP contribution < -0.4 is 10.6 Å². The molecule has 3 N–H and O–H groups in total. The number of nitrogens with one attached hydrogen (secondary N) is 2. The number of anilines is 1. The van der Waals surface area contributed by atoms with E-state index < -0.39 is 5.97 Å². The van der Waals surface area contributed by atoms with E-state index in [2.05, 4.69) is 10.6 Å². The molecule has 6 heteroatoms. The average molecular weight is 276 g/mol. The van der Waals surface area contributed by atoms with Crippen LogP contribution in [0.15, 0.2) is 30.3 Å². The number of benzene rings is 1. The average Bonchev–Trinajstić information content (AvgIpc) is 2.90. The van der Waals surface area contributed by atoms with Crippen LogP contribution in [-0.2, 0) is 9.53 Å². The van der Waals surface area contributed by atoms with Gasteiger partial charge in [-0.3, -0.25) is 0 Å². The van der Waals surface area contributed by atoms with E-state index in [1.807, 2.05) is 0 Å². The molecule has 2 amide bonds. The normalized spacial score (nSPS) is 18.1. The Morgan fingerprint density at radius 3 is 2.65 bits per heavy atom. The molecule has 0 aromatic heterocycles. The zero-order valence-electron chi connectivity index (χ0n) is 10.8. The second kappa shape index (κ2) is 6.72. The monoisotopic (exact) mass is 276 g/mol. The number of urea groups is 1. The van der Waals surface area contributed by atoms with Gasteiger partial charge in [-0.05, 0) is 30.2 Å². The van der Waals surface area contributed by atoms with E-state index in [0.717, 1.165) is 18.1 Å². The van der Waals surface area contributed by atoms with Crippen molar-refractivity contribution in [2.75, 3.05) is 18.5 Å². The molecule has 20 heavy (non-hydrogen) atoms. The Morgan fingerprint density at radius 2 is 2.05 bits per heavy atom. The van der Waals surface area contributed by atoms with Gasteiger partial charge in [-0.2, -0.15) is 0 Å². The van der Waals surface area contributed by atoms with Gasteiger partial charge >= 0.3 is 12.0 Å². The zero-order valence-corrected chi connectivity index (χ0v) is 10.8. The molecule has 2 rings (SSSR count). The highest BCUT2D eigenvalue weighted by Gasteiger charge is 2.17. The van der Waals surface area contributed by atoms with Gasteiger partial charge in [-0.15, -0.1) is 0 Å². The number of carboxylic acid groups (broad SMARTS) is 1. The predicted molar refractivity (Wildman–Crippen MR) is 74.5 cm³/mol. The molecule has 1 aromatic carbocycles. The lowest BCUT2D eigenvalue weighted by Gasteiger charge is -2.11. The van der Waals surface area contributed by atoms with Gasteiger partial charge in [0.2, 0.25) is 0 Å². The van der Waals surface area contributed by atoms with E-state index >= 15 is 0 Å². The van der Waals surface area contributed by atoms with Gasteiger partial charge in [0.15, 0.2) is 0 Å². The van der Waals surface area contributed by atoms with Gasteiger partial charge in [0.1, 0.15) is 0 Å². The number of ether oxygens (including phenoxy) is 1. The summed E-state index contributed by atoms with van der Waals surface area (Å²) in [5.74, 6) is -0.995. The van der Waals surface area contributed by atoms with Crippen LogP contribution in [0.1, 0.15) is 12.0 Å². The molecular weight excluding hydrogens is 260 g/mol. The third kappa shape index (κ3) is 4.40. The fourth-order valence-corrected chi connectivity index (χ4v) is 1.85. The molecular formula is C14H16N2O4. The van der Waals surface area contributed by atoms with Gasteiger partial charge in [0.25, 0.3) is 0 Å². The Kier molecular flexibility index (Phi) is 4.73. The second-order valence-electron chi connectivity index (χ2n) is 4.45. The third-order valence-corrected chi connectivity index (χ3v) is 2.85. The van der Waals surface area contributed by atoms with Gasteiger partial charge in [0, 0.05) is 18.4 Å². The molecule has 1 fully saturated rings. The molecule has 1 aliphatic heterocycles. The molecule has 0 saturated carbocycles. The second-order valence-corrected chi connectivity index (χ2v) is 4.45. The van der Waals surface area contributed by atoms with E-state index in [1.54, 1.807) is 24.3 Å². The first-order valence-corrected chi connectivity index (χ1v) is 6.30. The minimum absolute atomic E-state index is 0.0628. The molecule has 1 aromatic rings. The summed E-state index contributed by atoms with van der Waals surface area (Å²) < 4.78 is 5.17. The molecule has 106 valence electrons. The van der Waals surface area contributed by atoms with Gasteiger partial charge in [-0.1, -0.05) is 12.1 Å². The van der Waals surface area contributed by atoms with Crippen LogP contribution in [-0.4, -0.2) is 36.4 Å². The first kappa shape index (κ1) is 14.1. The number of carbonyl (C=O) groups is 2. The number of rotatable bonds is 4. The summed E-state index contributed by atoms with van der Waals surface area (Å²) in [5, 5.41) is 14.1. The highest BCUT2D eigenvalue weighted by atomic mass is 16.5. The van der Waals surface area contributed by atoms with Crippen LogP contribution in [0, 0.1) is 0 Å². The Labute approximate surface area is 116 Å². The van der Waals surface area contributed by atoms with Crippen LogP contribution >= 0.6 is 0 Å². The number of hydrogen-bond donors (Lipinski definition) is 3. The SMILES string of the molecule is O=C(O)/C=C/c1ccc(NC(=O)NC2CCOC2)cc1. The molecule has 0 bridgehead atoms. The minimum atomic E-state index is -0.995. The summed E-state index contributed by atoms with van der Waals surface area (Å²) in [6.07, 6.45) is 3.38. The maximum absolute atomic E-state index is 11.7. The lowest BCUT2D eigenvalue weighted by Crippen LogP contribution is -2.38. The fourth-order valence-electron chi connectivity index (χ4n) is 1.85. The highest BCUT2D eigenvalue weighted by Crippen LogP contribution is 2.11. The van der Waals surface area contributed by atoms with Gasteiger partial charge < -0.3 is 20.5 Å². The number of amides is 2. The van der Waals surface area contributed by atoms with E-state index in [-0.39, 0.29) is 12.1 Å². The Morgan fingerprint density at radius 1 is 1.30 bits per heavy atom. The lowest BCUT2D eigenvalue weighted by molar-refractivity contribution is -0.131. The van der Waals surface area contributed by atoms with Crippen molar-refractivity contribution in [1.82, 2.24) is 5.32 Å². The smallest absolute Gasteiger partial charge is 0.328 e. The van der Waals surface area contributed by atoms with Crippen LogP contribution in [0.5, 0.6) is 0 Å². The molecule has 0 radical (unpaired) electrons. The largest absolute Gasteiger partial charge is 0.478 e. The summed E-state index contributed by atoms with van der Waals surface area (Å²) in [7, 11) is 0. The minimum Gasteiger partial charge on any atom is -0.478 e. The fraction of sp³-hybridized carbons (Fsp3) is 0.286. The first-order chi connectivity index (χ1) is 9.63. The summed E-state index contributed by atoms with van der Waals surface area (Å²) in [5.41, 5.74) is 1.40. The van der Waals surface area contributed by atoms with E-state index in [1.165, 1.54) is 6.08 Å². The van der Waals surface area contributed by atoms with Crippen molar-refractivity contribution in [3.05, 3.63) is 35.9 Å².